The van der Waals surface area contributed by atoms with Crippen molar-refractivity contribution in [3.63, 3.8) is 0 Å². The molecule has 1 fully saturated rings. The fourth-order valence-electron chi connectivity index (χ4n) is 4.78. The number of likely N-dealkylation sites (tertiary alicyclic amines) is 1. The maximum Gasteiger partial charge on any atom is 0.256 e. The number of aromatic nitrogens is 1. The first-order valence-corrected chi connectivity index (χ1v) is 13.0. The molecule has 0 aliphatic carbocycles. The van der Waals surface area contributed by atoms with Crippen LogP contribution in [0.3, 0.4) is 0 Å². The van der Waals surface area contributed by atoms with Crippen LogP contribution in [0.1, 0.15) is 21.5 Å². The van der Waals surface area contributed by atoms with Crippen LogP contribution in [0, 0.1) is 0 Å². The van der Waals surface area contributed by atoms with Crippen molar-refractivity contribution in [1.82, 2.24) is 19.7 Å². The summed E-state index contributed by atoms with van der Waals surface area (Å²) in [5.74, 6) is -0.333. The van der Waals surface area contributed by atoms with Crippen LogP contribution in [0.25, 0.3) is 10.9 Å². The number of rotatable bonds is 5. The van der Waals surface area contributed by atoms with Crippen molar-refractivity contribution < 1.29 is 14.4 Å². The maximum atomic E-state index is 13.6. The number of hydrogen-bond acceptors (Lipinski definition) is 3. The van der Waals surface area contributed by atoms with E-state index < -0.39 is 0 Å². The summed E-state index contributed by atoms with van der Waals surface area (Å²) in [6.45, 7) is 5.72. The number of carbonyl (C=O) groups is 3. The van der Waals surface area contributed by atoms with E-state index in [4.69, 9.17) is 0 Å². The molecular weight excluding hydrogens is 576 g/mol. The maximum absolute atomic E-state index is 13.6. The Hall–Kier alpha value is -2.91. The molecule has 0 radical (unpaired) electrons. The molecule has 9 heteroatoms. The smallest absolute Gasteiger partial charge is 0.256 e. The van der Waals surface area contributed by atoms with Gasteiger partial charge >= 0.3 is 0 Å². The van der Waals surface area contributed by atoms with Crippen molar-refractivity contribution in [2.75, 3.05) is 19.6 Å². The molecule has 3 aromatic rings. The van der Waals surface area contributed by atoms with Crippen molar-refractivity contribution in [3.05, 3.63) is 80.9 Å². The van der Waals surface area contributed by atoms with Gasteiger partial charge in [0.05, 0.1) is 11.6 Å². The lowest BCUT2D eigenvalue weighted by Crippen LogP contribution is -2.61. The van der Waals surface area contributed by atoms with Gasteiger partial charge in [-0.15, -0.1) is 0 Å². The molecular formula is C26H24Br2N4O3. The van der Waals surface area contributed by atoms with Crippen LogP contribution in [0.2, 0.25) is 0 Å². The molecule has 35 heavy (non-hydrogen) atoms. The molecule has 1 N–H and O–H groups in total. The van der Waals surface area contributed by atoms with Crippen LogP contribution in [-0.2, 0) is 29.1 Å². The first kappa shape index (κ1) is 23.8. The molecule has 3 heterocycles. The van der Waals surface area contributed by atoms with E-state index >= 15 is 0 Å². The van der Waals surface area contributed by atoms with Gasteiger partial charge in [-0.2, -0.15) is 0 Å². The minimum Gasteiger partial charge on any atom is -0.348 e. The summed E-state index contributed by atoms with van der Waals surface area (Å²) in [7, 11) is 0. The largest absolute Gasteiger partial charge is 0.348 e. The topological polar surface area (TPSA) is 74.6 Å². The summed E-state index contributed by atoms with van der Waals surface area (Å²) in [6.07, 6.45) is 3.85. The van der Waals surface area contributed by atoms with E-state index in [-0.39, 0.29) is 30.3 Å². The molecule has 7 nitrogen and oxygen atoms in total. The van der Waals surface area contributed by atoms with Crippen LogP contribution in [0.15, 0.2) is 64.2 Å². The quantitative estimate of drug-likeness (QED) is 0.452. The predicted octanol–water partition coefficient (Wildman–Crippen LogP) is 3.88. The van der Waals surface area contributed by atoms with E-state index in [1.165, 1.54) is 11.6 Å². The van der Waals surface area contributed by atoms with E-state index in [2.05, 4.69) is 49.8 Å². The summed E-state index contributed by atoms with van der Waals surface area (Å²) in [6, 6.07) is 11.8. The lowest BCUT2D eigenvalue weighted by Gasteiger charge is -2.38. The lowest BCUT2D eigenvalue weighted by atomic mass is 9.99. The molecule has 0 saturated carbocycles. The number of halogens is 2. The number of benzene rings is 2. The minimum atomic E-state index is -0.156. The molecule has 0 unspecified atom stereocenters. The highest BCUT2D eigenvalue weighted by molar-refractivity contribution is 9.10. The Balaban J connectivity index is 1.35. The van der Waals surface area contributed by atoms with Crippen molar-refractivity contribution in [3.8, 4) is 0 Å². The van der Waals surface area contributed by atoms with Gasteiger partial charge in [-0.25, -0.2) is 0 Å². The Morgan fingerprint density at radius 1 is 1.11 bits per heavy atom. The SMILES string of the molecule is C=CC(=O)N1CC(NC(=O)Cn2cc(C(=O)N3CCc4c(Br)cccc4C3)c3cc(Br)ccc32)C1. The van der Waals surface area contributed by atoms with Gasteiger partial charge in [0.25, 0.3) is 5.91 Å². The first-order valence-electron chi connectivity index (χ1n) is 11.4. The van der Waals surface area contributed by atoms with Crippen molar-refractivity contribution >= 4 is 60.5 Å². The molecule has 180 valence electrons. The van der Waals surface area contributed by atoms with E-state index in [1.807, 2.05) is 39.8 Å². The van der Waals surface area contributed by atoms with Crippen LogP contribution < -0.4 is 5.32 Å². The van der Waals surface area contributed by atoms with Crippen LogP contribution >= 0.6 is 31.9 Å². The number of fused-ring (bicyclic) bond motifs is 2. The Bertz CT molecular complexity index is 1360. The summed E-state index contributed by atoms with van der Waals surface area (Å²) in [4.78, 5) is 41.5. The number of nitrogens with one attached hydrogen (secondary N) is 1. The lowest BCUT2D eigenvalue weighted by molar-refractivity contribution is -0.133. The average molecular weight is 600 g/mol. The average Bonchev–Trinajstić information content (AvgIpc) is 3.17. The molecule has 2 aromatic carbocycles. The van der Waals surface area contributed by atoms with E-state index in [1.54, 1.807) is 11.1 Å². The third kappa shape index (κ3) is 4.67. The second kappa shape index (κ2) is 9.62. The Morgan fingerprint density at radius 2 is 1.91 bits per heavy atom. The van der Waals surface area contributed by atoms with Crippen molar-refractivity contribution in [2.24, 2.45) is 0 Å². The second-order valence-corrected chi connectivity index (χ2v) is 10.7. The van der Waals surface area contributed by atoms with Crippen LogP contribution in [-0.4, -0.2) is 57.8 Å². The van der Waals surface area contributed by atoms with Gasteiger partial charge in [-0.1, -0.05) is 50.6 Å². The molecule has 0 spiro atoms. The third-order valence-electron chi connectivity index (χ3n) is 6.62. The molecule has 5 rings (SSSR count). The van der Waals surface area contributed by atoms with Gasteiger partial charge in [-0.3, -0.25) is 14.4 Å². The van der Waals surface area contributed by atoms with Crippen LogP contribution in [0.4, 0.5) is 0 Å². The van der Waals surface area contributed by atoms with Gasteiger partial charge in [0.1, 0.15) is 6.54 Å². The summed E-state index contributed by atoms with van der Waals surface area (Å²) in [5.41, 5.74) is 3.80. The summed E-state index contributed by atoms with van der Waals surface area (Å²) in [5, 5.41) is 3.78. The Morgan fingerprint density at radius 3 is 2.69 bits per heavy atom. The molecule has 1 saturated heterocycles. The normalized spacial score (nSPS) is 15.5. The zero-order valence-electron chi connectivity index (χ0n) is 19.0. The number of hydrogen-bond donors (Lipinski definition) is 1. The molecule has 3 amide bonds. The van der Waals surface area contributed by atoms with Gasteiger partial charge in [-0.05, 0) is 47.9 Å². The Labute approximate surface area is 220 Å². The minimum absolute atomic E-state index is 0.0459. The van der Waals surface area contributed by atoms with Gasteiger partial charge in [0.2, 0.25) is 11.8 Å². The molecule has 1 aromatic heterocycles. The number of nitrogens with zero attached hydrogens (tertiary/aromatic N) is 3. The summed E-state index contributed by atoms with van der Waals surface area (Å²) < 4.78 is 3.78. The highest BCUT2D eigenvalue weighted by atomic mass is 79.9. The molecule has 2 aliphatic rings. The standard InChI is InChI=1S/C26H24Br2N4O3/c1-2-25(34)32-12-18(13-32)29-24(33)15-31-14-21(20-10-17(27)6-7-23(20)31)26(35)30-9-8-19-16(11-30)4-3-5-22(19)28/h2-7,10,14,18H,1,8-9,11-13,15H2,(H,29,33). The van der Waals surface area contributed by atoms with E-state index in [0.717, 1.165) is 31.8 Å². The molecule has 2 aliphatic heterocycles. The zero-order valence-corrected chi connectivity index (χ0v) is 22.1. The molecule has 0 atom stereocenters. The van der Waals surface area contributed by atoms with E-state index in [9.17, 15) is 14.4 Å². The van der Waals surface area contributed by atoms with Crippen molar-refractivity contribution in [2.45, 2.75) is 25.6 Å². The highest BCUT2D eigenvalue weighted by Gasteiger charge is 2.31. The Kier molecular flexibility index (Phi) is 6.55. The highest BCUT2D eigenvalue weighted by Crippen LogP contribution is 2.30. The third-order valence-corrected chi connectivity index (χ3v) is 7.85. The monoisotopic (exact) mass is 598 g/mol. The van der Waals surface area contributed by atoms with Crippen molar-refractivity contribution in [1.29, 1.82) is 0 Å². The van der Waals surface area contributed by atoms with Gasteiger partial charge in [0.15, 0.2) is 0 Å². The fraction of sp³-hybridized carbons (Fsp3) is 0.269. The second-order valence-electron chi connectivity index (χ2n) is 8.90. The summed E-state index contributed by atoms with van der Waals surface area (Å²) >= 11 is 7.13. The number of amides is 3. The zero-order chi connectivity index (χ0) is 24.7. The van der Waals surface area contributed by atoms with Crippen LogP contribution in [0.5, 0.6) is 0 Å². The first-order chi connectivity index (χ1) is 16.8. The molecule has 0 bridgehead atoms. The fourth-order valence-corrected chi connectivity index (χ4v) is 5.75. The predicted molar refractivity (Wildman–Crippen MR) is 141 cm³/mol. The van der Waals surface area contributed by atoms with Gasteiger partial charge in [0, 0.05) is 52.2 Å². The van der Waals surface area contributed by atoms with E-state index in [0.29, 0.717) is 31.7 Å². The number of carbonyl (C=O) groups excluding carboxylic acids is 3. The van der Waals surface area contributed by atoms with Gasteiger partial charge < -0.3 is 19.7 Å².